The maximum absolute atomic E-state index is 13.2. The Morgan fingerprint density at radius 1 is 1.44 bits per heavy atom. The summed E-state index contributed by atoms with van der Waals surface area (Å²) in [6, 6.07) is 0.0573. The fourth-order valence-electron chi connectivity index (χ4n) is 2.75. The van der Waals surface area contributed by atoms with Crippen LogP contribution in [0.15, 0.2) is 0 Å². The minimum atomic E-state index is -0.737. The summed E-state index contributed by atoms with van der Waals surface area (Å²) in [4.78, 5) is 2.13. The van der Waals surface area contributed by atoms with Gasteiger partial charge >= 0.3 is 0 Å². The van der Waals surface area contributed by atoms with Crippen LogP contribution in [0.4, 0.5) is 4.39 Å². The van der Waals surface area contributed by atoms with E-state index < -0.39 is 6.17 Å². The molecule has 3 unspecified atom stereocenters. The lowest BCUT2D eigenvalue weighted by Gasteiger charge is -2.30. The maximum atomic E-state index is 13.2. The Hall–Kier alpha value is 0.1000. The van der Waals surface area contributed by atoms with E-state index in [0.29, 0.717) is 18.9 Å². The summed E-state index contributed by atoms with van der Waals surface area (Å²) >= 11 is 0. The van der Waals surface area contributed by atoms with Gasteiger partial charge in [0.2, 0.25) is 0 Å². The third-order valence-electron chi connectivity index (χ3n) is 3.58. The van der Waals surface area contributed by atoms with Gasteiger partial charge in [-0.05, 0) is 38.3 Å². The number of hydrogen-bond donors (Lipinski definition) is 2. The van der Waals surface area contributed by atoms with Gasteiger partial charge in [-0.25, -0.2) is 4.39 Å². The van der Waals surface area contributed by atoms with Crippen molar-refractivity contribution in [2.45, 2.75) is 31.5 Å². The van der Waals surface area contributed by atoms with Crippen LogP contribution in [0.2, 0.25) is 0 Å². The molecule has 16 heavy (non-hydrogen) atoms. The van der Waals surface area contributed by atoms with Crippen LogP contribution in [0.5, 0.6) is 0 Å². The standard InChI is InChI=1S/C11H21FN2O.ClH/c12-10-4-11(8-15)14(7-10)6-9-2-1-3-13-5-9;/h9-11,13,15H,1-8H2;1H. The molecule has 0 radical (unpaired) electrons. The van der Waals surface area contributed by atoms with Crippen LogP contribution in [0, 0.1) is 5.92 Å². The van der Waals surface area contributed by atoms with Gasteiger partial charge in [-0.2, -0.15) is 0 Å². The second kappa shape index (κ2) is 6.74. The summed E-state index contributed by atoms with van der Waals surface area (Å²) in [6.07, 6.45) is 2.23. The van der Waals surface area contributed by atoms with Gasteiger partial charge in [0, 0.05) is 19.1 Å². The summed E-state index contributed by atoms with van der Waals surface area (Å²) < 4.78 is 13.2. The molecule has 0 aromatic carbocycles. The number of piperidine rings is 1. The molecule has 0 aliphatic carbocycles. The summed E-state index contributed by atoms with van der Waals surface area (Å²) in [5.41, 5.74) is 0. The van der Waals surface area contributed by atoms with Crippen molar-refractivity contribution in [2.75, 3.05) is 32.8 Å². The van der Waals surface area contributed by atoms with E-state index in [1.54, 1.807) is 0 Å². The third kappa shape index (κ3) is 3.55. The predicted octanol–water partition coefficient (Wildman–Crippen LogP) is 0.812. The van der Waals surface area contributed by atoms with Crippen molar-refractivity contribution in [2.24, 2.45) is 5.92 Å². The van der Waals surface area contributed by atoms with E-state index in [9.17, 15) is 4.39 Å². The predicted molar refractivity (Wildman–Crippen MR) is 64.8 cm³/mol. The van der Waals surface area contributed by atoms with Crippen LogP contribution in [-0.4, -0.2) is 55.0 Å². The molecule has 0 aromatic heterocycles. The van der Waals surface area contributed by atoms with Gasteiger partial charge in [0.05, 0.1) is 6.61 Å². The molecule has 5 heteroatoms. The molecule has 0 aromatic rings. The lowest BCUT2D eigenvalue weighted by Crippen LogP contribution is -2.41. The summed E-state index contributed by atoms with van der Waals surface area (Å²) in [5.74, 6) is 0.637. The van der Waals surface area contributed by atoms with E-state index in [-0.39, 0.29) is 25.1 Å². The first-order chi connectivity index (χ1) is 7.29. The molecule has 2 aliphatic rings. The lowest BCUT2D eigenvalue weighted by atomic mass is 9.99. The molecule has 2 N–H and O–H groups in total. The molecule has 0 spiro atoms. The summed E-state index contributed by atoms with van der Waals surface area (Å²) in [5, 5.41) is 12.5. The normalized spacial score (nSPS) is 36.0. The van der Waals surface area contributed by atoms with Gasteiger partial charge in [0.25, 0.3) is 0 Å². The number of halogens is 2. The largest absolute Gasteiger partial charge is 0.395 e. The number of aliphatic hydroxyl groups excluding tert-OH is 1. The Kier molecular flexibility index (Phi) is 5.97. The first-order valence-corrected chi connectivity index (χ1v) is 5.99. The van der Waals surface area contributed by atoms with Crippen molar-refractivity contribution < 1.29 is 9.50 Å². The smallest absolute Gasteiger partial charge is 0.114 e. The van der Waals surface area contributed by atoms with E-state index in [1.165, 1.54) is 12.8 Å². The van der Waals surface area contributed by atoms with E-state index in [2.05, 4.69) is 10.2 Å². The fraction of sp³-hybridized carbons (Fsp3) is 1.00. The number of likely N-dealkylation sites (tertiary alicyclic amines) is 1. The highest BCUT2D eigenvalue weighted by atomic mass is 35.5. The monoisotopic (exact) mass is 252 g/mol. The van der Waals surface area contributed by atoms with Crippen LogP contribution < -0.4 is 5.32 Å². The molecule has 0 bridgehead atoms. The van der Waals surface area contributed by atoms with E-state index in [0.717, 1.165) is 19.6 Å². The average Bonchev–Trinajstić information content (AvgIpc) is 2.60. The van der Waals surface area contributed by atoms with Crippen molar-refractivity contribution in [3.63, 3.8) is 0 Å². The molecule has 0 amide bonds. The molecule has 96 valence electrons. The summed E-state index contributed by atoms with van der Waals surface area (Å²) in [7, 11) is 0. The minimum Gasteiger partial charge on any atom is -0.395 e. The zero-order valence-corrected chi connectivity index (χ0v) is 10.4. The van der Waals surface area contributed by atoms with Crippen LogP contribution >= 0.6 is 12.4 Å². The molecule has 3 atom stereocenters. The zero-order chi connectivity index (χ0) is 10.7. The SMILES string of the molecule is Cl.OCC1CC(F)CN1CC1CCCNC1. The number of aliphatic hydroxyl groups is 1. The minimum absolute atomic E-state index is 0. The maximum Gasteiger partial charge on any atom is 0.114 e. The molecule has 2 fully saturated rings. The lowest BCUT2D eigenvalue weighted by molar-refractivity contribution is 0.134. The molecule has 2 rings (SSSR count). The van der Waals surface area contributed by atoms with Crippen LogP contribution in [0.1, 0.15) is 19.3 Å². The summed E-state index contributed by atoms with van der Waals surface area (Å²) in [6.45, 7) is 3.72. The van der Waals surface area contributed by atoms with Gasteiger partial charge < -0.3 is 10.4 Å². The van der Waals surface area contributed by atoms with E-state index in [1.807, 2.05) is 0 Å². The third-order valence-corrected chi connectivity index (χ3v) is 3.58. The second-order valence-electron chi connectivity index (χ2n) is 4.84. The Morgan fingerprint density at radius 3 is 2.88 bits per heavy atom. The zero-order valence-electron chi connectivity index (χ0n) is 9.57. The molecule has 2 heterocycles. The number of alkyl halides is 1. The Labute approximate surface area is 103 Å². The highest BCUT2D eigenvalue weighted by molar-refractivity contribution is 5.85. The highest BCUT2D eigenvalue weighted by Gasteiger charge is 2.32. The first kappa shape index (κ1) is 14.2. The van der Waals surface area contributed by atoms with E-state index in [4.69, 9.17) is 5.11 Å². The van der Waals surface area contributed by atoms with Crippen molar-refractivity contribution in [1.82, 2.24) is 10.2 Å². The highest BCUT2D eigenvalue weighted by Crippen LogP contribution is 2.22. The quantitative estimate of drug-likeness (QED) is 0.781. The Balaban J connectivity index is 0.00000128. The van der Waals surface area contributed by atoms with Crippen molar-refractivity contribution in [3.05, 3.63) is 0 Å². The molecule has 2 aliphatic heterocycles. The topological polar surface area (TPSA) is 35.5 Å². The second-order valence-corrected chi connectivity index (χ2v) is 4.84. The molecular formula is C11H22ClFN2O. The number of rotatable bonds is 3. The molecule has 3 nitrogen and oxygen atoms in total. The fourth-order valence-corrected chi connectivity index (χ4v) is 2.75. The van der Waals surface area contributed by atoms with Crippen LogP contribution in [-0.2, 0) is 0 Å². The van der Waals surface area contributed by atoms with Gasteiger partial charge in [-0.3, -0.25) is 4.90 Å². The van der Waals surface area contributed by atoms with Crippen LogP contribution in [0.3, 0.4) is 0 Å². The van der Waals surface area contributed by atoms with Gasteiger partial charge in [-0.1, -0.05) is 0 Å². The average molecular weight is 253 g/mol. The first-order valence-electron chi connectivity index (χ1n) is 5.99. The number of nitrogens with one attached hydrogen (secondary N) is 1. The van der Waals surface area contributed by atoms with Crippen molar-refractivity contribution >= 4 is 12.4 Å². The number of hydrogen-bond acceptors (Lipinski definition) is 3. The van der Waals surface area contributed by atoms with Crippen LogP contribution in [0.25, 0.3) is 0 Å². The van der Waals surface area contributed by atoms with E-state index >= 15 is 0 Å². The van der Waals surface area contributed by atoms with Crippen molar-refractivity contribution in [3.8, 4) is 0 Å². The van der Waals surface area contributed by atoms with Crippen molar-refractivity contribution in [1.29, 1.82) is 0 Å². The molecular weight excluding hydrogens is 231 g/mol. The molecule has 2 saturated heterocycles. The van der Waals surface area contributed by atoms with Gasteiger partial charge in [0.1, 0.15) is 6.17 Å². The van der Waals surface area contributed by atoms with Gasteiger partial charge in [-0.15, -0.1) is 12.4 Å². The Bertz CT molecular complexity index is 202. The molecule has 0 saturated carbocycles. The number of nitrogens with zero attached hydrogens (tertiary/aromatic N) is 1. The Morgan fingerprint density at radius 2 is 2.25 bits per heavy atom. The van der Waals surface area contributed by atoms with Gasteiger partial charge in [0.15, 0.2) is 0 Å².